The molecule has 0 saturated heterocycles. The Morgan fingerprint density at radius 3 is 3.17 bits per heavy atom. The van der Waals surface area contributed by atoms with Crippen LogP contribution in [0.15, 0.2) is 35.7 Å². The van der Waals surface area contributed by atoms with E-state index in [0.717, 1.165) is 22.3 Å². The normalized spacial score (nSPS) is 12.4. The number of aromatic nitrogens is 2. The van der Waals surface area contributed by atoms with E-state index >= 15 is 0 Å². The average Bonchev–Trinajstić information content (AvgIpc) is 3.03. The van der Waals surface area contributed by atoms with Crippen molar-refractivity contribution in [2.45, 2.75) is 5.16 Å². The Balaban J connectivity index is 1.95. The zero-order chi connectivity index (χ0) is 12.4. The molecule has 2 aromatic rings. The highest BCUT2D eigenvalue weighted by molar-refractivity contribution is 7.99. The van der Waals surface area contributed by atoms with Crippen molar-refractivity contribution in [2.75, 3.05) is 12.5 Å². The average molecular weight is 259 g/mol. The molecule has 90 valence electrons. The first kappa shape index (κ1) is 11.0. The van der Waals surface area contributed by atoms with Gasteiger partial charge in [-0.1, -0.05) is 11.8 Å². The van der Waals surface area contributed by atoms with Gasteiger partial charge < -0.3 is 9.47 Å². The minimum Gasteiger partial charge on any atom is -0.454 e. The molecule has 0 N–H and O–H groups in total. The highest BCUT2D eigenvalue weighted by atomic mass is 32.2. The largest absolute Gasteiger partial charge is 0.454 e. The summed E-state index contributed by atoms with van der Waals surface area (Å²) in [6.07, 6.45) is 3.57. The van der Waals surface area contributed by atoms with Crippen LogP contribution in [0.5, 0.6) is 11.5 Å². The summed E-state index contributed by atoms with van der Waals surface area (Å²) in [7, 11) is 0. The molecular formula is C12H9N3O2S. The van der Waals surface area contributed by atoms with Gasteiger partial charge in [0.25, 0.3) is 0 Å². The number of rotatable bonds is 3. The zero-order valence-corrected chi connectivity index (χ0v) is 10.2. The maximum atomic E-state index is 8.61. The fraction of sp³-hybridized carbons (Fsp3) is 0.167. The van der Waals surface area contributed by atoms with Crippen LogP contribution >= 0.6 is 11.8 Å². The lowest BCUT2D eigenvalue weighted by Gasteiger charge is -2.07. The van der Waals surface area contributed by atoms with E-state index in [4.69, 9.17) is 14.7 Å². The Bertz CT molecular complexity index is 618. The first-order valence-corrected chi connectivity index (χ1v) is 6.30. The van der Waals surface area contributed by atoms with E-state index in [1.807, 2.05) is 29.0 Å². The van der Waals surface area contributed by atoms with Gasteiger partial charge in [-0.05, 0) is 12.1 Å². The summed E-state index contributed by atoms with van der Waals surface area (Å²) in [5.74, 6) is 1.87. The molecule has 3 rings (SSSR count). The van der Waals surface area contributed by atoms with Gasteiger partial charge in [0.1, 0.15) is 0 Å². The van der Waals surface area contributed by atoms with Gasteiger partial charge in [-0.25, -0.2) is 4.98 Å². The van der Waals surface area contributed by atoms with Crippen LogP contribution in [-0.2, 0) is 0 Å². The first-order chi connectivity index (χ1) is 8.88. The fourth-order valence-electron chi connectivity index (χ4n) is 1.72. The molecule has 0 atom stereocenters. The lowest BCUT2D eigenvalue weighted by Crippen LogP contribution is -1.95. The summed E-state index contributed by atoms with van der Waals surface area (Å²) >= 11 is 1.40. The Morgan fingerprint density at radius 1 is 1.39 bits per heavy atom. The van der Waals surface area contributed by atoms with E-state index in [1.165, 1.54) is 11.8 Å². The van der Waals surface area contributed by atoms with Crippen molar-refractivity contribution >= 4 is 11.8 Å². The summed E-state index contributed by atoms with van der Waals surface area (Å²) in [6, 6.07) is 7.80. The molecule has 1 aromatic heterocycles. The number of hydrogen-bond acceptors (Lipinski definition) is 5. The van der Waals surface area contributed by atoms with E-state index in [0.29, 0.717) is 5.75 Å². The number of fused-ring (bicyclic) bond motifs is 1. The van der Waals surface area contributed by atoms with Gasteiger partial charge in [-0.3, -0.25) is 4.57 Å². The highest BCUT2D eigenvalue weighted by Gasteiger charge is 2.15. The molecule has 0 spiro atoms. The quantitative estimate of drug-likeness (QED) is 0.791. The second-order valence-corrected chi connectivity index (χ2v) is 4.51. The molecule has 0 amide bonds. The summed E-state index contributed by atoms with van der Waals surface area (Å²) in [5.41, 5.74) is 0.942. The second kappa shape index (κ2) is 4.63. The van der Waals surface area contributed by atoms with Crippen LogP contribution in [-0.4, -0.2) is 22.1 Å². The van der Waals surface area contributed by atoms with Crippen LogP contribution in [0.4, 0.5) is 0 Å². The van der Waals surface area contributed by atoms with E-state index < -0.39 is 0 Å². The maximum absolute atomic E-state index is 8.61. The number of nitriles is 1. The summed E-state index contributed by atoms with van der Waals surface area (Å²) in [5, 5.41) is 9.40. The fourth-order valence-corrected chi connectivity index (χ4v) is 2.36. The number of hydrogen-bond donors (Lipinski definition) is 0. The molecule has 0 bridgehead atoms. The van der Waals surface area contributed by atoms with Gasteiger partial charge in [0.2, 0.25) is 6.79 Å². The smallest absolute Gasteiger partial charge is 0.231 e. The van der Waals surface area contributed by atoms with Crippen LogP contribution in [0.2, 0.25) is 0 Å². The molecule has 6 heteroatoms. The predicted molar refractivity (Wildman–Crippen MR) is 66.0 cm³/mol. The SMILES string of the molecule is N#CCSc1nccn1-c1ccc2c(c1)OCO2. The van der Waals surface area contributed by atoms with Crippen molar-refractivity contribution in [3.05, 3.63) is 30.6 Å². The maximum Gasteiger partial charge on any atom is 0.231 e. The highest BCUT2D eigenvalue weighted by Crippen LogP contribution is 2.34. The minimum atomic E-state index is 0.263. The van der Waals surface area contributed by atoms with Gasteiger partial charge >= 0.3 is 0 Å². The minimum absolute atomic E-state index is 0.263. The van der Waals surface area contributed by atoms with E-state index in [2.05, 4.69) is 11.1 Å². The standard InChI is InChI=1S/C12H9N3O2S/c13-3-6-18-12-14-4-5-15(12)9-1-2-10-11(7-9)17-8-16-10/h1-2,4-5,7H,6,8H2. The lowest BCUT2D eigenvalue weighted by atomic mass is 10.3. The molecule has 1 aliphatic heterocycles. The van der Waals surface area contributed by atoms with Crippen LogP contribution in [0.3, 0.4) is 0 Å². The third-order valence-electron chi connectivity index (χ3n) is 2.51. The lowest BCUT2D eigenvalue weighted by molar-refractivity contribution is 0.174. The zero-order valence-electron chi connectivity index (χ0n) is 9.37. The Hall–Kier alpha value is -2.13. The molecule has 1 aromatic carbocycles. The molecule has 1 aliphatic rings. The predicted octanol–water partition coefficient (Wildman–Crippen LogP) is 2.22. The topological polar surface area (TPSA) is 60.1 Å². The van der Waals surface area contributed by atoms with E-state index in [1.54, 1.807) is 6.20 Å². The van der Waals surface area contributed by atoms with Crippen molar-refractivity contribution in [3.8, 4) is 23.3 Å². The number of nitrogens with zero attached hydrogens (tertiary/aromatic N) is 3. The van der Waals surface area contributed by atoms with Crippen LogP contribution in [0, 0.1) is 11.3 Å². The molecule has 0 saturated carbocycles. The molecule has 2 heterocycles. The van der Waals surface area contributed by atoms with E-state index in [9.17, 15) is 0 Å². The van der Waals surface area contributed by atoms with Gasteiger partial charge in [0.05, 0.1) is 17.5 Å². The molecule has 5 nitrogen and oxygen atoms in total. The summed E-state index contributed by atoms with van der Waals surface area (Å²) < 4.78 is 12.5. The van der Waals surface area contributed by atoms with Crippen LogP contribution in [0.25, 0.3) is 5.69 Å². The second-order valence-electron chi connectivity index (χ2n) is 3.56. The van der Waals surface area contributed by atoms with Crippen molar-refractivity contribution in [3.63, 3.8) is 0 Å². The Kier molecular flexibility index (Phi) is 2.82. The van der Waals surface area contributed by atoms with Crippen LogP contribution in [0.1, 0.15) is 0 Å². The monoisotopic (exact) mass is 259 g/mol. The molecule has 0 unspecified atom stereocenters. The Morgan fingerprint density at radius 2 is 2.28 bits per heavy atom. The summed E-state index contributed by atoms with van der Waals surface area (Å²) in [4.78, 5) is 4.23. The molecule has 0 aliphatic carbocycles. The molecule has 18 heavy (non-hydrogen) atoms. The van der Waals surface area contributed by atoms with E-state index in [-0.39, 0.29) is 6.79 Å². The van der Waals surface area contributed by atoms with Crippen molar-refractivity contribution in [2.24, 2.45) is 0 Å². The van der Waals surface area contributed by atoms with Gasteiger partial charge in [-0.15, -0.1) is 0 Å². The molecular weight excluding hydrogens is 250 g/mol. The number of thioether (sulfide) groups is 1. The number of benzene rings is 1. The third-order valence-corrected chi connectivity index (χ3v) is 3.34. The number of ether oxygens (including phenoxy) is 2. The van der Waals surface area contributed by atoms with Gasteiger partial charge in [-0.2, -0.15) is 5.26 Å². The van der Waals surface area contributed by atoms with Gasteiger partial charge in [0.15, 0.2) is 16.7 Å². The summed E-state index contributed by atoms with van der Waals surface area (Å²) in [6.45, 7) is 0.263. The van der Waals surface area contributed by atoms with Crippen molar-refractivity contribution in [1.82, 2.24) is 9.55 Å². The van der Waals surface area contributed by atoms with Crippen molar-refractivity contribution < 1.29 is 9.47 Å². The molecule has 0 fully saturated rings. The first-order valence-electron chi connectivity index (χ1n) is 5.31. The van der Waals surface area contributed by atoms with Gasteiger partial charge in [0, 0.05) is 18.5 Å². The Labute approximate surface area is 108 Å². The van der Waals surface area contributed by atoms with Crippen molar-refractivity contribution in [1.29, 1.82) is 5.26 Å². The third kappa shape index (κ3) is 1.89. The molecule has 0 radical (unpaired) electrons. The number of imidazole rings is 1. The van der Waals surface area contributed by atoms with Crippen LogP contribution < -0.4 is 9.47 Å².